The Bertz CT molecular complexity index is 519. The van der Waals surface area contributed by atoms with Gasteiger partial charge in [0.1, 0.15) is 0 Å². The van der Waals surface area contributed by atoms with E-state index in [1.54, 1.807) is 18.2 Å². The van der Waals surface area contributed by atoms with Crippen LogP contribution in [-0.4, -0.2) is 30.1 Å². The molecule has 1 atom stereocenters. The van der Waals surface area contributed by atoms with Gasteiger partial charge in [0, 0.05) is 25.1 Å². The summed E-state index contributed by atoms with van der Waals surface area (Å²) in [4.78, 5) is 23.8. The number of carbonyl (C=O) groups excluding carboxylic acids is 1. The fourth-order valence-corrected chi connectivity index (χ4v) is 2.68. The van der Waals surface area contributed by atoms with E-state index < -0.39 is 11.9 Å². The summed E-state index contributed by atoms with van der Waals surface area (Å²) in [6.45, 7) is 1.44. The molecule has 0 saturated carbocycles. The number of rotatable bonds is 4. The minimum Gasteiger partial charge on any atom is -0.481 e. The highest BCUT2D eigenvalue weighted by molar-refractivity contribution is 6.33. The second kappa shape index (κ2) is 5.48. The van der Waals surface area contributed by atoms with E-state index >= 15 is 0 Å². The summed E-state index contributed by atoms with van der Waals surface area (Å²) in [5.41, 5.74) is 6.38. The first-order valence-corrected chi connectivity index (χ1v) is 6.41. The molecular formula is C13H15ClN2O3. The van der Waals surface area contributed by atoms with Gasteiger partial charge in [-0.25, -0.2) is 0 Å². The molecule has 1 aromatic rings. The van der Waals surface area contributed by atoms with E-state index in [4.69, 9.17) is 22.4 Å². The average Bonchev–Trinajstić information content (AvgIpc) is 2.76. The van der Waals surface area contributed by atoms with Gasteiger partial charge >= 0.3 is 5.97 Å². The van der Waals surface area contributed by atoms with E-state index in [9.17, 15) is 9.59 Å². The molecule has 1 fully saturated rings. The molecule has 1 heterocycles. The lowest BCUT2D eigenvalue weighted by molar-refractivity contribution is -0.137. The molecule has 1 aromatic carbocycles. The number of anilines is 1. The Morgan fingerprint density at radius 2 is 2.21 bits per heavy atom. The number of carboxylic acids is 1. The Labute approximate surface area is 116 Å². The molecular weight excluding hydrogens is 268 g/mol. The maximum atomic E-state index is 11.0. The monoisotopic (exact) mass is 282 g/mol. The molecule has 0 spiro atoms. The summed E-state index contributed by atoms with van der Waals surface area (Å²) in [5.74, 6) is -1.15. The zero-order valence-electron chi connectivity index (χ0n) is 10.3. The number of primary amides is 1. The predicted molar refractivity (Wildman–Crippen MR) is 72.5 cm³/mol. The Kier molecular flexibility index (Phi) is 3.95. The molecule has 0 aliphatic carbocycles. The number of hydrogen-bond acceptors (Lipinski definition) is 3. The zero-order chi connectivity index (χ0) is 14.0. The van der Waals surface area contributed by atoms with Gasteiger partial charge in [-0.05, 0) is 30.5 Å². The van der Waals surface area contributed by atoms with Gasteiger partial charge in [0.05, 0.1) is 10.7 Å². The van der Waals surface area contributed by atoms with E-state index in [0.717, 1.165) is 18.7 Å². The quantitative estimate of drug-likeness (QED) is 0.881. The van der Waals surface area contributed by atoms with Crippen molar-refractivity contribution in [2.45, 2.75) is 12.8 Å². The lowest BCUT2D eigenvalue weighted by Gasteiger charge is -2.20. The fourth-order valence-electron chi connectivity index (χ4n) is 2.38. The molecule has 6 heteroatoms. The number of carbonyl (C=O) groups is 2. The number of nitrogens with zero attached hydrogens (tertiary/aromatic N) is 1. The second-order valence-electron chi connectivity index (χ2n) is 4.73. The van der Waals surface area contributed by atoms with Gasteiger partial charge in [-0.1, -0.05) is 11.6 Å². The number of amides is 1. The highest BCUT2D eigenvalue weighted by Gasteiger charge is 2.25. The van der Waals surface area contributed by atoms with Crippen molar-refractivity contribution in [3.05, 3.63) is 28.8 Å². The van der Waals surface area contributed by atoms with Crippen LogP contribution in [0, 0.1) is 5.92 Å². The molecule has 1 unspecified atom stereocenters. The van der Waals surface area contributed by atoms with Crippen LogP contribution in [-0.2, 0) is 4.79 Å². The Hall–Kier alpha value is -1.75. The summed E-state index contributed by atoms with van der Waals surface area (Å²) in [6.07, 6.45) is 1.01. The number of nitrogens with two attached hydrogens (primary N) is 1. The van der Waals surface area contributed by atoms with Crippen molar-refractivity contribution >= 4 is 29.2 Å². The third kappa shape index (κ3) is 3.17. The van der Waals surface area contributed by atoms with Gasteiger partial charge in [-0.2, -0.15) is 0 Å². The number of aliphatic carboxylic acids is 1. The van der Waals surface area contributed by atoms with Crippen LogP contribution in [0.1, 0.15) is 23.2 Å². The van der Waals surface area contributed by atoms with Gasteiger partial charge in [-0.15, -0.1) is 0 Å². The van der Waals surface area contributed by atoms with Crippen LogP contribution < -0.4 is 10.6 Å². The van der Waals surface area contributed by atoms with E-state index in [2.05, 4.69) is 0 Å². The largest absolute Gasteiger partial charge is 0.481 e. The van der Waals surface area contributed by atoms with Crippen molar-refractivity contribution in [1.82, 2.24) is 0 Å². The molecule has 1 aliphatic heterocycles. The van der Waals surface area contributed by atoms with Gasteiger partial charge in [-0.3, -0.25) is 9.59 Å². The lowest BCUT2D eigenvalue weighted by Crippen LogP contribution is -2.21. The molecule has 19 heavy (non-hydrogen) atoms. The van der Waals surface area contributed by atoms with Gasteiger partial charge in [0.2, 0.25) is 5.91 Å². The van der Waals surface area contributed by atoms with Crippen LogP contribution in [0.3, 0.4) is 0 Å². The van der Waals surface area contributed by atoms with Gasteiger partial charge < -0.3 is 15.7 Å². The van der Waals surface area contributed by atoms with Crippen LogP contribution in [0.15, 0.2) is 18.2 Å². The first kappa shape index (κ1) is 13.7. The summed E-state index contributed by atoms with van der Waals surface area (Å²) in [6, 6.07) is 4.93. The summed E-state index contributed by atoms with van der Waals surface area (Å²) >= 11 is 6.14. The maximum Gasteiger partial charge on any atom is 0.303 e. The predicted octanol–water partition coefficient (Wildman–Crippen LogP) is 1.74. The summed E-state index contributed by atoms with van der Waals surface area (Å²) < 4.78 is 0. The molecule has 102 valence electrons. The normalized spacial score (nSPS) is 18.6. The maximum absolute atomic E-state index is 11.0. The van der Waals surface area contributed by atoms with Crippen LogP contribution in [0.2, 0.25) is 5.02 Å². The minimum absolute atomic E-state index is 0.143. The van der Waals surface area contributed by atoms with Crippen molar-refractivity contribution in [3.8, 4) is 0 Å². The van der Waals surface area contributed by atoms with Crippen molar-refractivity contribution in [2.24, 2.45) is 11.7 Å². The second-order valence-corrected chi connectivity index (χ2v) is 5.14. The van der Waals surface area contributed by atoms with Crippen LogP contribution in [0.25, 0.3) is 0 Å². The Balaban J connectivity index is 2.11. The van der Waals surface area contributed by atoms with E-state index in [1.165, 1.54) is 0 Å². The molecule has 5 nitrogen and oxygen atoms in total. The van der Waals surface area contributed by atoms with E-state index in [0.29, 0.717) is 17.1 Å². The molecule has 0 aromatic heterocycles. The first-order chi connectivity index (χ1) is 8.97. The molecule has 1 saturated heterocycles. The van der Waals surface area contributed by atoms with Crippen molar-refractivity contribution in [1.29, 1.82) is 0 Å². The molecule has 3 N–H and O–H groups in total. The standard InChI is InChI=1S/C13H15ClN2O3/c14-10-6-9(13(15)19)1-2-11(10)16-4-3-8(7-16)5-12(17)18/h1-2,6,8H,3-5,7H2,(H2,15,19)(H,17,18). The van der Waals surface area contributed by atoms with Crippen molar-refractivity contribution < 1.29 is 14.7 Å². The number of halogens is 1. The third-order valence-electron chi connectivity index (χ3n) is 3.32. The molecule has 0 radical (unpaired) electrons. The SMILES string of the molecule is NC(=O)c1ccc(N2CCC(CC(=O)O)C2)c(Cl)c1. The molecule has 1 aliphatic rings. The zero-order valence-corrected chi connectivity index (χ0v) is 11.1. The Morgan fingerprint density at radius 1 is 1.47 bits per heavy atom. The molecule has 0 bridgehead atoms. The molecule has 1 amide bonds. The van der Waals surface area contributed by atoms with Crippen molar-refractivity contribution in [2.75, 3.05) is 18.0 Å². The summed E-state index contributed by atoms with van der Waals surface area (Å²) in [5, 5.41) is 9.25. The van der Waals surface area contributed by atoms with E-state index in [1.807, 2.05) is 4.90 Å². The van der Waals surface area contributed by atoms with Crippen LogP contribution in [0.5, 0.6) is 0 Å². The average molecular weight is 283 g/mol. The van der Waals surface area contributed by atoms with Crippen LogP contribution >= 0.6 is 11.6 Å². The highest BCUT2D eigenvalue weighted by atomic mass is 35.5. The highest BCUT2D eigenvalue weighted by Crippen LogP contribution is 2.32. The molecule has 2 rings (SSSR count). The summed E-state index contributed by atoms with van der Waals surface area (Å²) in [7, 11) is 0. The number of hydrogen-bond donors (Lipinski definition) is 2. The third-order valence-corrected chi connectivity index (χ3v) is 3.62. The van der Waals surface area contributed by atoms with Crippen LogP contribution in [0.4, 0.5) is 5.69 Å². The fraction of sp³-hybridized carbons (Fsp3) is 0.385. The number of carboxylic acid groups (broad SMARTS) is 1. The lowest BCUT2D eigenvalue weighted by atomic mass is 10.1. The number of benzene rings is 1. The van der Waals surface area contributed by atoms with E-state index in [-0.39, 0.29) is 12.3 Å². The van der Waals surface area contributed by atoms with Crippen molar-refractivity contribution in [3.63, 3.8) is 0 Å². The topological polar surface area (TPSA) is 83.6 Å². The Morgan fingerprint density at radius 3 is 2.79 bits per heavy atom. The minimum atomic E-state index is -0.776. The smallest absolute Gasteiger partial charge is 0.303 e. The van der Waals surface area contributed by atoms with Gasteiger partial charge in [0.15, 0.2) is 0 Å². The first-order valence-electron chi connectivity index (χ1n) is 6.03. The van der Waals surface area contributed by atoms with Gasteiger partial charge in [0.25, 0.3) is 0 Å².